The van der Waals surface area contributed by atoms with Gasteiger partial charge in [0.1, 0.15) is 0 Å². The molecular formula is C23H18ClN3O2. The summed E-state index contributed by atoms with van der Waals surface area (Å²) in [4.78, 5) is 24.9. The molecule has 3 aromatic rings. The summed E-state index contributed by atoms with van der Waals surface area (Å²) in [5.41, 5.74) is 3.62. The molecule has 0 aliphatic carbocycles. The number of carbonyl (C=O) groups excluding carboxylic acids is 2. The van der Waals surface area contributed by atoms with Crippen molar-refractivity contribution in [1.29, 1.82) is 5.26 Å². The number of aryl methyl sites for hydroxylation is 1. The average molecular weight is 404 g/mol. The van der Waals surface area contributed by atoms with E-state index in [0.29, 0.717) is 33.0 Å². The van der Waals surface area contributed by atoms with E-state index in [0.717, 1.165) is 5.56 Å². The largest absolute Gasteiger partial charge is 0.343 e. The van der Waals surface area contributed by atoms with Crippen LogP contribution in [0.5, 0.6) is 0 Å². The van der Waals surface area contributed by atoms with Crippen LogP contribution in [0.3, 0.4) is 0 Å². The molecule has 5 nitrogen and oxygen atoms in total. The summed E-state index contributed by atoms with van der Waals surface area (Å²) in [6.07, 6.45) is 0. The second-order valence-electron chi connectivity index (χ2n) is 6.42. The third-order valence-electron chi connectivity index (χ3n) is 4.32. The number of carbonyl (C=O) groups is 2. The van der Waals surface area contributed by atoms with Gasteiger partial charge in [0.2, 0.25) is 5.91 Å². The first-order chi connectivity index (χ1) is 14.0. The third kappa shape index (κ3) is 4.81. The fraction of sp³-hybridized carbons (Fsp3) is 0.0870. The number of nitrogens with one attached hydrogen (secondary N) is 2. The molecule has 0 heterocycles. The Hall–Kier alpha value is -3.62. The van der Waals surface area contributed by atoms with Crippen LogP contribution in [0.1, 0.15) is 21.5 Å². The Bertz CT molecular complexity index is 1120. The summed E-state index contributed by atoms with van der Waals surface area (Å²) in [6, 6.07) is 21.5. The Balaban J connectivity index is 1.73. The van der Waals surface area contributed by atoms with E-state index in [1.807, 2.05) is 19.1 Å². The van der Waals surface area contributed by atoms with Crippen molar-refractivity contribution >= 4 is 29.1 Å². The van der Waals surface area contributed by atoms with Crippen molar-refractivity contribution in [2.45, 2.75) is 6.92 Å². The minimum Gasteiger partial charge on any atom is -0.343 e. The van der Waals surface area contributed by atoms with E-state index < -0.39 is 5.91 Å². The average Bonchev–Trinajstić information content (AvgIpc) is 2.74. The van der Waals surface area contributed by atoms with Gasteiger partial charge in [-0.05, 0) is 42.3 Å². The lowest BCUT2D eigenvalue weighted by molar-refractivity contribution is -0.115. The first kappa shape index (κ1) is 20.1. The van der Waals surface area contributed by atoms with Crippen LogP contribution in [0.4, 0.5) is 5.69 Å². The van der Waals surface area contributed by atoms with Gasteiger partial charge in [-0.2, -0.15) is 5.26 Å². The van der Waals surface area contributed by atoms with Crippen LogP contribution in [0, 0.1) is 18.3 Å². The van der Waals surface area contributed by atoms with E-state index in [1.165, 1.54) is 0 Å². The standard InChI is InChI=1S/C23H18ClN3O2/c1-15-10-11-21(20(24)12-15)27-22(28)14-26-23(29)19-9-5-4-8-18(19)17-7-3-2-6-16(17)13-25/h2-12H,14H2,1H3,(H,26,29)(H,27,28). The van der Waals surface area contributed by atoms with Gasteiger partial charge in [-0.3, -0.25) is 9.59 Å². The second kappa shape index (κ2) is 9.05. The second-order valence-corrected chi connectivity index (χ2v) is 6.82. The van der Waals surface area contributed by atoms with Crippen molar-refractivity contribution in [1.82, 2.24) is 5.32 Å². The summed E-state index contributed by atoms with van der Waals surface area (Å²) < 4.78 is 0. The molecule has 0 aliphatic rings. The molecule has 6 heteroatoms. The summed E-state index contributed by atoms with van der Waals surface area (Å²) in [5, 5.41) is 15.1. The Morgan fingerprint density at radius 1 is 1.00 bits per heavy atom. The predicted molar refractivity (Wildman–Crippen MR) is 114 cm³/mol. The van der Waals surface area contributed by atoms with E-state index in [1.54, 1.807) is 54.6 Å². The van der Waals surface area contributed by atoms with Crippen LogP contribution in [0.15, 0.2) is 66.7 Å². The number of amides is 2. The maximum atomic E-state index is 12.7. The van der Waals surface area contributed by atoms with Crippen molar-refractivity contribution in [2.24, 2.45) is 0 Å². The molecule has 144 valence electrons. The van der Waals surface area contributed by atoms with Crippen molar-refractivity contribution in [3.05, 3.63) is 88.4 Å². The highest BCUT2D eigenvalue weighted by Gasteiger charge is 2.15. The molecular weight excluding hydrogens is 386 g/mol. The highest BCUT2D eigenvalue weighted by molar-refractivity contribution is 6.33. The highest BCUT2D eigenvalue weighted by atomic mass is 35.5. The highest BCUT2D eigenvalue weighted by Crippen LogP contribution is 2.27. The molecule has 0 bridgehead atoms. The zero-order valence-electron chi connectivity index (χ0n) is 15.7. The Kier molecular flexibility index (Phi) is 6.28. The van der Waals surface area contributed by atoms with Crippen molar-refractivity contribution in [3.8, 4) is 17.2 Å². The van der Waals surface area contributed by atoms with Crippen LogP contribution in [0.25, 0.3) is 11.1 Å². The Morgan fingerprint density at radius 2 is 1.69 bits per heavy atom. The summed E-state index contributed by atoms with van der Waals surface area (Å²) in [7, 11) is 0. The molecule has 0 fully saturated rings. The number of hydrogen-bond donors (Lipinski definition) is 2. The van der Waals surface area contributed by atoms with Crippen LogP contribution < -0.4 is 10.6 Å². The van der Waals surface area contributed by atoms with E-state index >= 15 is 0 Å². The fourth-order valence-corrected chi connectivity index (χ4v) is 3.19. The minimum atomic E-state index is -0.404. The SMILES string of the molecule is Cc1ccc(NC(=O)CNC(=O)c2ccccc2-c2ccccc2C#N)c(Cl)c1. The van der Waals surface area contributed by atoms with Crippen molar-refractivity contribution in [2.75, 3.05) is 11.9 Å². The summed E-state index contributed by atoms with van der Waals surface area (Å²) >= 11 is 6.12. The lowest BCUT2D eigenvalue weighted by Crippen LogP contribution is -2.33. The predicted octanol–water partition coefficient (Wildman–Crippen LogP) is 4.56. The van der Waals surface area contributed by atoms with Gasteiger partial charge >= 0.3 is 0 Å². The Labute approximate surface area is 173 Å². The van der Waals surface area contributed by atoms with Crippen LogP contribution in [-0.4, -0.2) is 18.4 Å². The molecule has 29 heavy (non-hydrogen) atoms. The van der Waals surface area contributed by atoms with Gasteiger partial charge in [-0.25, -0.2) is 0 Å². The monoisotopic (exact) mass is 403 g/mol. The zero-order chi connectivity index (χ0) is 20.8. The molecule has 3 aromatic carbocycles. The van der Waals surface area contributed by atoms with Crippen LogP contribution in [0.2, 0.25) is 5.02 Å². The molecule has 0 spiro atoms. The van der Waals surface area contributed by atoms with E-state index in [9.17, 15) is 14.9 Å². The van der Waals surface area contributed by atoms with Crippen LogP contribution >= 0.6 is 11.6 Å². The van der Waals surface area contributed by atoms with E-state index in [2.05, 4.69) is 16.7 Å². The van der Waals surface area contributed by atoms with Gasteiger partial charge in [-0.1, -0.05) is 54.1 Å². The van der Waals surface area contributed by atoms with Crippen LogP contribution in [-0.2, 0) is 4.79 Å². The molecule has 0 saturated heterocycles. The minimum absolute atomic E-state index is 0.211. The van der Waals surface area contributed by atoms with Gasteiger partial charge in [0, 0.05) is 11.1 Å². The van der Waals surface area contributed by atoms with Gasteiger partial charge in [0.05, 0.1) is 28.9 Å². The lowest BCUT2D eigenvalue weighted by atomic mass is 9.95. The normalized spacial score (nSPS) is 10.1. The molecule has 0 atom stereocenters. The number of nitriles is 1. The number of rotatable bonds is 5. The first-order valence-electron chi connectivity index (χ1n) is 8.92. The molecule has 0 aromatic heterocycles. The molecule has 0 saturated carbocycles. The van der Waals surface area contributed by atoms with Gasteiger partial charge < -0.3 is 10.6 Å². The smallest absolute Gasteiger partial charge is 0.252 e. The number of benzene rings is 3. The zero-order valence-corrected chi connectivity index (χ0v) is 16.5. The maximum Gasteiger partial charge on any atom is 0.252 e. The molecule has 0 aliphatic heterocycles. The first-order valence-corrected chi connectivity index (χ1v) is 9.30. The quantitative estimate of drug-likeness (QED) is 0.655. The molecule has 2 N–H and O–H groups in total. The number of halogens is 1. The topological polar surface area (TPSA) is 82.0 Å². The van der Waals surface area contributed by atoms with E-state index in [4.69, 9.17) is 11.6 Å². The van der Waals surface area contributed by atoms with Gasteiger partial charge in [0.15, 0.2) is 0 Å². The number of nitrogens with zero attached hydrogens (tertiary/aromatic N) is 1. The van der Waals surface area contributed by atoms with E-state index in [-0.39, 0.29) is 12.5 Å². The Morgan fingerprint density at radius 3 is 2.41 bits per heavy atom. The molecule has 0 unspecified atom stereocenters. The molecule has 2 amide bonds. The summed E-state index contributed by atoms with van der Waals surface area (Å²) in [6.45, 7) is 1.69. The van der Waals surface area contributed by atoms with Gasteiger partial charge in [0.25, 0.3) is 5.91 Å². The number of anilines is 1. The fourth-order valence-electron chi connectivity index (χ4n) is 2.90. The number of hydrogen-bond acceptors (Lipinski definition) is 3. The van der Waals surface area contributed by atoms with Gasteiger partial charge in [-0.15, -0.1) is 0 Å². The maximum absolute atomic E-state index is 12.7. The third-order valence-corrected chi connectivity index (χ3v) is 4.63. The van der Waals surface area contributed by atoms with Crippen molar-refractivity contribution < 1.29 is 9.59 Å². The van der Waals surface area contributed by atoms with Crippen molar-refractivity contribution in [3.63, 3.8) is 0 Å². The summed E-state index contributed by atoms with van der Waals surface area (Å²) in [5.74, 6) is -0.794. The molecule has 0 radical (unpaired) electrons. The lowest BCUT2D eigenvalue weighted by Gasteiger charge is -2.12. The molecule has 3 rings (SSSR count).